The smallest absolute Gasteiger partial charge is 0.162 e. The highest BCUT2D eigenvalue weighted by atomic mass is 31.2. The van der Waals surface area contributed by atoms with E-state index < -0.39 is 7.14 Å². The average molecular weight is 528 g/mol. The summed E-state index contributed by atoms with van der Waals surface area (Å²) >= 11 is 0. The first-order chi connectivity index (χ1) is 18.6. The lowest BCUT2D eigenvalue weighted by atomic mass is 10.1. The molecule has 6 rings (SSSR count). The van der Waals surface area contributed by atoms with Gasteiger partial charge < -0.3 is 20.1 Å². The molecule has 0 bridgehead atoms. The number of benzene rings is 1. The maximum Gasteiger partial charge on any atom is 0.162 e. The van der Waals surface area contributed by atoms with Crippen molar-refractivity contribution in [1.29, 1.82) is 0 Å². The lowest BCUT2D eigenvalue weighted by Gasteiger charge is -2.38. The summed E-state index contributed by atoms with van der Waals surface area (Å²) in [5.74, 6) is 3.09. The predicted octanol–water partition coefficient (Wildman–Crippen LogP) is 5.05. The normalized spacial score (nSPS) is 18.1. The van der Waals surface area contributed by atoms with E-state index in [0.29, 0.717) is 30.0 Å². The van der Waals surface area contributed by atoms with Gasteiger partial charge in [-0.2, -0.15) is 0 Å². The highest BCUT2D eigenvalue weighted by molar-refractivity contribution is 7.71. The van der Waals surface area contributed by atoms with Gasteiger partial charge in [-0.3, -0.25) is 4.98 Å². The largest absolute Gasteiger partial charge is 0.350 e. The molecule has 0 amide bonds. The van der Waals surface area contributed by atoms with Crippen molar-refractivity contribution in [2.45, 2.75) is 32.7 Å². The Morgan fingerprint density at radius 3 is 2.63 bits per heavy atom. The third-order valence-electron chi connectivity index (χ3n) is 7.85. The number of nitrogens with zero attached hydrogens (tertiary/aromatic N) is 5. The van der Waals surface area contributed by atoms with Gasteiger partial charge in [0.1, 0.15) is 18.8 Å². The van der Waals surface area contributed by atoms with Gasteiger partial charge in [0.15, 0.2) is 5.82 Å². The lowest BCUT2D eigenvalue weighted by molar-refractivity contribution is 0.438. The predicted molar refractivity (Wildman–Crippen MR) is 155 cm³/mol. The van der Waals surface area contributed by atoms with Crippen LogP contribution < -0.4 is 20.8 Å². The standard InChI is InChI=1S/C29H34N7OP/c1-3-38(37,4-2)23-9-7-22(8-10-23)33-27-17-21(11-14-32-27)28-34-25-18-30-13-12-24(25)29(35-28)36-16-15-31-19-26(36)20-5-6-20/h7-14,17-18,20,26,31H,3-6,15-16,19H2,1-2H3,(H,32,33). The molecule has 1 aliphatic heterocycles. The molecule has 2 aliphatic rings. The number of hydrogen-bond donors (Lipinski definition) is 2. The van der Waals surface area contributed by atoms with Gasteiger partial charge in [0.25, 0.3) is 0 Å². The van der Waals surface area contributed by atoms with Gasteiger partial charge in [0.05, 0.1) is 11.7 Å². The van der Waals surface area contributed by atoms with Crippen LogP contribution in [0.1, 0.15) is 26.7 Å². The van der Waals surface area contributed by atoms with Gasteiger partial charge in [-0.1, -0.05) is 13.8 Å². The molecule has 2 fully saturated rings. The second-order valence-electron chi connectivity index (χ2n) is 10.2. The minimum atomic E-state index is -2.30. The fourth-order valence-corrected chi connectivity index (χ4v) is 7.26. The van der Waals surface area contributed by atoms with Gasteiger partial charge in [0, 0.05) is 72.3 Å². The summed E-state index contributed by atoms with van der Waals surface area (Å²) in [6, 6.07) is 14.3. The Labute approximate surface area is 223 Å². The SMILES string of the molecule is CCP(=O)(CC)c1ccc(Nc2cc(-c3nc(N4CCNCC4C4CC4)c4ccncc4n3)ccn2)cc1. The van der Waals surface area contributed by atoms with E-state index in [1.165, 1.54) is 12.8 Å². The molecule has 3 aromatic heterocycles. The molecule has 4 heterocycles. The zero-order valence-corrected chi connectivity index (χ0v) is 22.9. The van der Waals surface area contributed by atoms with E-state index >= 15 is 0 Å². The summed E-state index contributed by atoms with van der Waals surface area (Å²) in [5.41, 5.74) is 2.64. The highest BCUT2D eigenvalue weighted by Gasteiger charge is 2.38. The molecule has 2 N–H and O–H groups in total. The molecule has 196 valence electrons. The van der Waals surface area contributed by atoms with Gasteiger partial charge in [-0.15, -0.1) is 0 Å². The van der Waals surface area contributed by atoms with Crippen LogP contribution >= 0.6 is 7.14 Å². The molecule has 0 radical (unpaired) electrons. The van der Waals surface area contributed by atoms with E-state index in [4.69, 9.17) is 9.97 Å². The average Bonchev–Trinajstić information content (AvgIpc) is 3.82. The molecular formula is C29H34N7OP. The lowest BCUT2D eigenvalue weighted by Crippen LogP contribution is -2.53. The number of rotatable bonds is 8. The topological polar surface area (TPSA) is 95.9 Å². The van der Waals surface area contributed by atoms with Crippen molar-refractivity contribution in [2.75, 3.05) is 42.2 Å². The monoisotopic (exact) mass is 527 g/mol. The van der Waals surface area contributed by atoms with Gasteiger partial charge in [-0.05, 0) is 61.2 Å². The molecule has 4 aromatic rings. The molecule has 1 aromatic carbocycles. The number of anilines is 3. The molecular weight excluding hydrogens is 493 g/mol. The van der Waals surface area contributed by atoms with E-state index in [0.717, 1.165) is 58.8 Å². The molecule has 1 aliphatic carbocycles. The molecule has 8 nitrogen and oxygen atoms in total. The zero-order chi connectivity index (χ0) is 26.1. The number of hydrogen-bond acceptors (Lipinski definition) is 8. The molecule has 1 atom stereocenters. The Morgan fingerprint density at radius 2 is 1.87 bits per heavy atom. The number of nitrogens with one attached hydrogen (secondary N) is 2. The second kappa shape index (κ2) is 10.4. The van der Waals surface area contributed by atoms with Crippen molar-refractivity contribution in [2.24, 2.45) is 5.92 Å². The van der Waals surface area contributed by atoms with E-state index in [1.807, 2.05) is 68.7 Å². The molecule has 1 saturated heterocycles. The summed E-state index contributed by atoms with van der Waals surface area (Å²) in [5, 5.41) is 8.93. The van der Waals surface area contributed by atoms with Crippen LogP contribution in [0.4, 0.5) is 17.3 Å². The van der Waals surface area contributed by atoms with Crippen molar-refractivity contribution in [3.8, 4) is 11.4 Å². The Morgan fingerprint density at radius 1 is 1.05 bits per heavy atom. The first kappa shape index (κ1) is 25.0. The van der Waals surface area contributed by atoms with Crippen LogP contribution in [0.2, 0.25) is 0 Å². The molecule has 38 heavy (non-hydrogen) atoms. The van der Waals surface area contributed by atoms with Crippen molar-refractivity contribution in [3.05, 3.63) is 61.1 Å². The Balaban J connectivity index is 1.32. The van der Waals surface area contributed by atoms with Crippen molar-refractivity contribution < 1.29 is 4.57 Å². The van der Waals surface area contributed by atoms with E-state index in [-0.39, 0.29) is 0 Å². The summed E-state index contributed by atoms with van der Waals surface area (Å²) in [7, 11) is -2.30. The van der Waals surface area contributed by atoms with Crippen molar-refractivity contribution in [1.82, 2.24) is 25.3 Å². The first-order valence-electron chi connectivity index (χ1n) is 13.6. The summed E-state index contributed by atoms with van der Waals surface area (Å²) in [6.45, 7) is 6.86. The van der Waals surface area contributed by atoms with Gasteiger partial charge in [0.2, 0.25) is 0 Å². The highest BCUT2D eigenvalue weighted by Crippen LogP contribution is 2.43. The summed E-state index contributed by atoms with van der Waals surface area (Å²) in [6.07, 6.45) is 9.36. The van der Waals surface area contributed by atoms with Crippen LogP contribution in [-0.4, -0.2) is 57.9 Å². The molecule has 0 spiro atoms. The zero-order valence-electron chi connectivity index (χ0n) is 22.0. The quantitative estimate of drug-likeness (QED) is 0.308. The minimum Gasteiger partial charge on any atom is -0.350 e. The number of fused-ring (bicyclic) bond motifs is 1. The van der Waals surface area contributed by atoms with Crippen molar-refractivity contribution in [3.63, 3.8) is 0 Å². The fourth-order valence-electron chi connectivity index (χ4n) is 5.39. The van der Waals surface area contributed by atoms with Crippen LogP contribution in [0, 0.1) is 5.92 Å². The number of pyridine rings is 2. The van der Waals surface area contributed by atoms with Crippen LogP contribution in [0.25, 0.3) is 22.3 Å². The maximum atomic E-state index is 13.1. The third kappa shape index (κ3) is 4.91. The van der Waals surface area contributed by atoms with Crippen molar-refractivity contribution >= 4 is 40.7 Å². The minimum absolute atomic E-state index is 0.455. The number of piperazine rings is 1. The molecule has 1 unspecified atom stereocenters. The van der Waals surface area contributed by atoms with Gasteiger partial charge >= 0.3 is 0 Å². The molecule has 1 saturated carbocycles. The van der Waals surface area contributed by atoms with E-state index in [1.54, 1.807) is 6.20 Å². The van der Waals surface area contributed by atoms with Crippen LogP contribution in [0.15, 0.2) is 61.1 Å². The Kier molecular flexibility index (Phi) is 6.85. The van der Waals surface area contributed by atoms with Crippen LogP contribution in [-0.2, 0) is 4.57 Å². The Bertz CT molecular complexity index is 1480. The third-order valence-corrected chi connectivity index (χ3v) is 11.1. The van der Waals surface area contributed by atoms with Gasteiger partial charge in [-0.25, -0.2) is 15.0 Å². The summed E-state index contributed by atoms with van der Waals surface area (Å²) in [4.78, 5) is 21.4. The van der Waals surface area contributed by atoms with Crippen LogP contribution in [0.5, 0.6) is 0 Å². The first-order valence-corrected chi connectivity index (χ1v) is 15.7. The van der Waals surface area contributed by atoms with E-state index in [2.05, 4.69) is 25.5 Å². The van der Waals surface area contributed by atoms with Crippen LogP contribution in [0.3, 0.4) is 0 Å². The fraction of sp³-hybridized carbons (Fsp3) is 0.379. The maximum absolute atomic E-state index is 13.1. The molecule has 9 heteroatoms. The second-order valence-corrected chi connectivity index (χ2v) is 13.7. The van der Waals surface area contributed by atoms with E-state index in [9.17, 15) is 4.57 Å². The summed E-state index contributed by atoms with van der Waals surface area (Å²) < 4.78 is 13.1. The number of aromatic nitrogens is 4. The Hall–Kier alpha value is -3.35.